The Morgan fingerprint density at radius 3 is 2.21 bits per heavy atom. The number of nitrogens with zero attached hydrogens (tertiary/aromatic N) is 1. The number of fused-ring (bicyclic) bond motifs is 1. The number of hydrogen-bond acceptors (Lipinski definition) is 5. The number of halogens is 2. The second-order valence-corrected chi connectivity index (χ2v) is 8.45. The van der Waals surface area contributed by atoms with E-state index in [0.29, 0.717) is 19.6 Å². The molecule has 0 spiro atoms. The standard InChI is InChI=1S/C21H29F2NO4/c1-19(25-3)20(2,26-4)28-18-15(16-10-21(16,22)23)12-24(13-17(18)27-19)11-14-8-6-5-7-9-14/h5-9,15-18H,10-13H2,1-4H3/t15-,16?,17-,18-,19+,20+/m1/s1. The number of piperidine rings is 1. The molecule has 2 saturated heterocycles. The van der Waals surface area contributed by atoms with Crippen molar-refractivity contribution < 1.29 is 27.7 Å². The van der Waals surface area contributed by atoms with Crippen molar-refractivity contribution in [2.75, 3.05) is 27.3 Å². The lowest BCUT2D eigenvalue weighted by Gasteiger charge is -2.56. The summed E-state index contributed by atoms with van der Waals surface area (Å²) in [6, 6.07) is 10.0. The van der Waals surface area contributed by atoms with E-state index in [-0.39, 0.29) is 18.4 Å². The van der Waals surface area contributed by atoms with Crippen molar-refractivity contribution in [2.45, 2.75) is 56.5 Å². The fraction of sp³-hybridized carbons (Fsp3) is 0.714. The van der Waals surface area contributed by atoms with Crippen LogP contribution in [0.15, 0.2) is 30.3 Å². The van der Waals surface area contributed by atoms with Gasteiger partial charge in [0.1, 0.15) is 6.10 Å². The first-order chi connectivity index (χ1) is 13.2. The predicted octanol–water partition coefficient (Wildman–Crippen LogP) is 3.28. The van der Waals surface area contributed by atoms with Crippen molar-refractivity contribution in [3.05, 3.63) is 35.9 Å². The number of methoxy groups -OCH3 is 2. The van der Waals surface area contributed by atoms with Crippen LogP contribution in [0.5, 0.6) is 0 Å². The highest BCUT2D eigenvalue weighted by Crippen LogP contribution is 2.57. The molecule has 3 fully saturated rings. The SMILES string of the molecule is CO[C@@]1(C)O[C@@H]2[C@@H](C3CC3(F)F)CN(Cc3ccccc3)C[C@H]2O[C@]1(C)OC. The zero-order chi connectivity index (χ0) is 20.2. The van der Waals surface area contributed by atoms with Gasteiger partial charge in [-0.3, -0.25) is 4.90 Å². The van der Waals surface area contributed by atoms with Crippen molar-refractivity contribution in [2.24, 2.45) is 11.8 Å². The van der Waals surface area contributed by atoms with Gasteiger partial charge in [0.2, 0.25) is 11.6 Å². The number of alkyl halides is 2. The summed E-state index contributed by atoms with van der Waals surface area (Å²) in [4.78, 5) is 2.18. The molecule has 1 unspecified atom stereocenters. The van der Waals surface area contributed by atoms with Crippen LogP contribution in [0.1, 0.15) is 25.8 Å². The van der Waals surface area contributed by atoms with E-state index >= 15 is 0 Å². The smallest absolute Gasteiger partial charge is 0.252 e. The van der Waals surface area contributed by atoms with E-state index in [2.05, 4.69) is 4.90 Å². The maximum Gasteiger partial charge on any atom is 0.252 e. The molecule has 0 aromatic heterocycles. The molecule has 4 rings (SSSR count). The van der Waals surface area contributed by atoms with Gasteiger partial charge in [0.05, 0.1) is 6.10 Å². The van der Waals surface area contributed by atoms with Crippen LogP contribution < -0.4 is 0 Å². The first-order valence-corrected chi connectivity index (χ1v) is 9.81. The van der Waals surface area contributed by atoms with E-state index in [1.54, 1.807) is 13.8 Å². The fourth-order valence-corrected chi connectivity index (χ4v) is 4.63. The summed E-state index contributed by atoms with van der Waals surface area (Å²) >= 11 is 0. The van der Waals surface area contributed by atoms with Gasteiger partial charge in [0.25, 0.3) is 5.92 Å². The largest absolute Gasteiger partial charge is 0.349 e. The predicted molar refractivity (Wildman–Crippen MR) is 98.8 cm³/mol. The van der Waals surface area contributed by atoms with Crippen molar-refractivity contribution in [3.63, 3.8) is 0 Å². The van der Waals surface area contributed by atoms with E-state index < -0.39 is 29.5 Å². The molecular formula is C21H29F2NO4. The highest BCUT2D eigenvalue weighted by atomic mass is 19.3. The third kappa shape index (κ3) is 3.37. The lowest BCUT2D eigenvalue weighted by Crippen LogP contribution is -2.70. The maximum atomic E-state index is 14.0. The van der Waals surface area contributed by atoms with Gasteiger partial charge in [-0.2, -0.15) is 0 Å². The highest BCUT2D eigenvalue weighted by Gasteiger charge is 2.67. The van der Waals surface area contributed by atoms with Crippen molar-refractivity contribution in [1.82, 2.24) is 4.90 Å². The van der Waals surface area contributed by atoms with E-state index in [1.165, 1.54) is 14.2 Å². The van der Waals surface area contributed by atoms with Crippen LogP contribution in [-0.4, -0.2) is 61.9 Å². The van der Waals surface area contributed by atoms with Crippen LogP contribution in [0.2, 0.25) is 0 Å². The summed E-state index contributed by atoms with van der Waals surface area (Å²) in [5.74, 6) is -5.94. The Hall–Kier alpha value is -1.12. The third-order valence-electron chi connectivity index (χ3n) is 6.68. The lowest BCUT2D eigenvalue weighted by molar-refractivity contribution is -0.457. The fourth-order valence-electron chi connectivity index (χ4n) is 4.63. The number of benzene rings is 1. The van der Waals surface area contributed by atoms with Gasteiger partial charge in [-0.25, -0.2) is 8.78 Å². The molecule has 0 N–H and O–H groups in total. The molecule has 1 aromatic rings. The summed E-state index contributed by atoms with van der Waals surface area (Å²) < 4.78 is 51.8. The van der Waals surface area contributed by atoms with E-state index in [4.69, 9.17) is 18.9 Å². The van der Waals surface area contributed by atoms with Crippen molar-refractivity contribution in [1.29, 1.82) is 0 Å². The Morgan fingerprint density at radius 1 is 1.04 bits per heavy atom. The van der Waals surface area contributed by atoms with Gasteiger partial charge in [-0.15, -0.1) is 0 Å². The maximum absolute atomic E-state index is 14.0. The molecular weight excluding hydrogens is 368 g/mol. The molecule has 0 amide bonds. The van der Waals surface area contributed by atoms with Gasteiger partial charge in [0.15, 0.2) is 0 Å². The summed E-state index contributed by atoms with van der Waals surface area (Å²) in [5.41, 5.74) is 1.15. The van der Waals surface area contributed by atoms with Gasteiger partial charge in [0, 0.05) is 52.1 Å². The van der Waals surface area contributed by atoms with Gasteiger partial charge in [-0.1, -0.05) is 30.3 Å². The monoisotopic (exact) mass is 397 g/mol. The number of rotatable bonds is 5. The average Bonchev–Trinajstić information content (AvgIpc) is 3.31. The van der Waals surface area contributed by atoms with Crippen LogP contribution in [0.3, 0.4) is 0 Å². The van der Waals surface area contributed by atoms with Gasteiger partial charge in [-0.05, 0) is 19.4 Å². The summed E-state index contributed by atoms with van der Waals surface area (Å²) in [6.07, 6.45) is -0.917. The third-order valence-corrected chi connectivity index (χ3v) is 6.68. The summed E-state index contributed by atoms with van der Waals surface area (Å²) in [7, 11) is 3.06. The van der Waals surface area contributed by atoms with Gasteiger partial charge >= 0.3 is 0 Å². The Bertz CT molecular complexity index is 705. The minimum absolute atomic E-state index is 0.0886. The normalized spacial score (nSPS) is 42.8. The molecule has 6 atom stereocenters. The Labute approximate surface area is 164 Å². The Balaban J connectivity index is 1.60. The molecule has 1 aromatic carbocycles. The molecule has 1 aliphatic carbocycles. The summed E-state index contributed by atoms with van der Waals surface area (Å²) in [5, 5.41) is 0. The second kappa shape index (κ2) is 6.99. The average molecular weight is 397 g/mol. The minimum atomic E-state index is -2.63. The molecule has 0 bridgehead atoms. The number of likely N-dealkylation sites (tertiary alicyclic amines) is 1. The molecule has 7 heteroatoms. The zero-order valence-electron chi connectivity index (χ0n) is 16.9. The topological polar surface area (TPSA) is 40.2 Å². The molecule has 3 aliphatic rings. The van der Waals surface area contributed by atoms with Gasteiger partial charge < -0.3 is 18.9 Å². The van der Waals surface area contributed by atoms with Crippen LogP contribution >= 0.6 is 0 Å². The number of ether oxygens (including phenoxy) is 4. The van der Waals surface area contributed by atoms with Crippen LogP contribution in [0.4, 0.5) is 8.78 Å². The molecule has 2 aliphatic heterocycles. The molecule has 5 nitrogen and oxygen atoms in total. The van der Waals surface area contributed by atoms with Crippen molar-refractivity contribution in [3.8, 4) is 0 Å². The second-order valence-electron chi connectivity index (χ2n) is 8.45. The minimum Gasteiger partial charge on any atom is -0.349 e. The first-order valence-electron chi connectivity index (χ1n) is 9.81. The van der Waals surface area contributed by atoms with E-state index in [0.717, 1.165) is 5.56 Å². The molecule has 156 valence electrons. The molecule has 0 radical (unpaired) electrons. The Kier molecular flexibility index (Phi) is 5.03. The molecule has 1 saturated carbocycles. The summed E-state index contributed by atoms with van der Waals surface area (Å²) in [6.45, 7) is 5.33. The first kappa shape index (κ1) is 20.2. The Morgan fingerprint density at radius 2 is 1.64 bits per heavy atom. The highest BCUT2D eigenvalue weighted by molar-refractivity contribution is 5.15. The zero-order valence-corrected chi connectivity index (χ0v) is 16.9. The van der Waals surface area contributed by atoms with Crippen LogP contribution in [0.25, 0.3) is 0 Å². The molecule has 28 heavy (non-hydrogen) atoms. The van der Waals surface area contributed by atoms with Crippen molar-refractivity contribution >= 4 is 0 Å². The molecule has 2 heterocycles. The quantitative estimate of drug-likeness (QED) is 0.763. The van der Waals surface area contributed by atoms with Crippen LogP contribution in [-0.2, 0) is 25.5 Å². The van der Waals surface area contributed by atoms with E-state index in [1.807, 2.05) is 30.3 Å². The van der Waals surface area contributed by atoms with Crippen LogP contribution in [0, 0.1) is 11.8 Å². The number of hydrogen-bond donors (Lipinski definition) is 0. The lowest BCUT2D eigenvalue weighted by atomic mass is 9.85. The van der Waals surface area contributed by atoms with E-state index in [9.17, 15) is 8.78 Å².